The van der Waals surface area contributed by atoms with Gasteiger partial charge in [-0.15, -0.1) is 0 Å². The quantitative estimate of drug-likeness (QED) is 0.643. The molecule has 30 heavy (non-hydrogen) atoms. The molecule has 1 fully saturated rings. The number of hydrogen-bond donors (Lipinski definition) is 0. The van der Waals surface area contributed by atoms with Crippen molar-refractivity contribution in [3.63, 3.8) is 0 Å². The largest absolute Gasteiger partial charge is 0.483 e. The summed E-state index contributed by atoms with van der Waals surface area (Å²) in [6, 6.07) is 9.45. The number of ether oxygens (including phenoxy) is 2. The fourth-order valence-electron chi connectivity index (χ4n) is 3.79. The molecule has 1 amide bonds. The maximum absolute atomic E-state index is 12.5. The molecule has 1 saturated heterocycles. The summed E-state index contributed by atoms with van der Waals surface area (Å²) < 4.78 is 17.2. The summed E-state index contributed by atoms with van der Waals surface area (Å²) in [5.41, 5.74) is 1.70. The van der Waals surface area contributed by atoms with E-state index in [0.29, 0.717) is 30.6 Å². The highest BCUT2D eigenvalue weighted by molar-refractivity contribution is 5.79. The van der Waals surface area contributed by atoms with Crippen LogP contribution in [-0.2, 0) is 11.2 Å². The Morgan fingerprint density at radius 3 is 2.83 bits per heavy atom. The molecule has 0 aliphatic carbocycles. The van der Waals surface area contributed by atoms with Gasteiger partial charge in [-0.2, -0.15) is 4.98 Å². The molecule has 0 unspecified atom stereocenters. The van der Waals surface area contributed by atoms with Gasteiger partial charge in [0.2, 0.25) is 11.7 Å². The van der Waals surface area contributed by atoms with Crippen molar-refractivity contribution in [2.75, 3.05) is 19.7 Å². The van der Waals surface area contributed by atoms with Crippen molar-refractivity contribution in [3.8, 4) is 22.9 Å². The lowest BCUT2D eigenvalue weighted by atomic mass is 10.0. The smallest absolute Gasteiger partial charge is 0.260 e. The second-order valence-corrected chi connectivity index (χ2v) is 8.26. The molecule has 1 aromatic carbocycles. The molecule has 0 bridgehead atoms. The van der Waals surface area contributed by atoms with Crippen LogP contribution in [0, 0.1) is 0 Å². The first-order valence-electron chi connectivity index (χ1n) is 9.94. The third-order valence-corrected chi connectivity index (χ3v) is 5.37. The molecule has 0 atom stereocenters. The van der Waals surface area contributed by atoms with Crippen molar-refractivity contribution < 1.29 is 18.8 Å². The lowest BCUT2D eigenvalue weighted by Gasteiger charge is -2.36. The lowest BCUT2D eigenvalue weighted by Crippen LogP contribution is -2.50. The van der Waals surface area contributed by atoms with Gasteiger partial charge in [0.05, 0.1) is 5.92 Å². The number of rotatable bonds is 5. The van der Waals surface area contributed by atoms with Crippen LogP contribution in [0.5, 0.6) is 11.5 Å². The van der Waals surface area contributed by atoms with Crippen LogP contribution in [0.1, 0.15) is 31.2 Å². The number of aromatic nitrogens is 3. The van der Waals surface area contributed by atoms with Gasteiger partial charge in [-0.3, -0.25) is 9.78 Å². The molecule has 4 heterocycles. The van der Waals surface area contributed by atoms with Gasteiger partial charge in [0.1, 0.15) is 5.60 Å². The van der Waals surface area contributed by atoms with Crippen molar-refractivity contribution >= 4 is 5.91 Å². The molecule has 2 aliphatic heterocycles. The van der Waals surface area contributed by atoms with E-state index in [1.165, 1.54) is 0 Å². The van der Waals surface area contributed by atoms with E-state index in [-0.39, 0.29) is 24.0 Å². The highest BCUT2D eigenvalue weighted by Crippen LogP contribution is 2.41. The van der Waals surface area contributed by atoms with E-state index in [1.54, 1.807) is 17.3 Å². The Balaban J connectivity index is 1.16. The zero-order chi connectivity index (χ0) is 20.7. The number of likely N-dealkylation sites (tertiary alicyclic amines) is 1. The van der Waals surface area contributed by atoms with E-state index in [2.05, 4.69) is 15.1 Å². The molecule has 154 valence electrons. The van der Waals surface area contributed by atoms with Crippen LogP contribution >= 0.6 is 0 Å². The first kappa shape index (κ1) is 18.6. The van der Waals surface area contributed by atoms with Crippen LogP contribution in [0.15, 0.2) is 47.2 Å². The van der Waals surface area contributed by atoms with Crippen LogP contribution in [0.4, 0.5) is 0 Å². The molecule has 8 heteroatoms. The predicted octanol–water partition coefficient (Wildman–Crippen LogP) is 2.85. The molecule has 0 N–H and O–H groups in total. The maximum atomic E-state index is 12.5. The first-order valence-corrected chi connectivity index (χ1v) is 9.94. The summed E-state index contributed by atoms with van der Waals surface area (Å²) in [6.07, 6.45) is 4.19. The van der Waals surface area contributed by atoms with Crippen LogP contribution in [0.25, 0.3) is 11.4 Å². The number of pyridine rings is 1. The number of benzene rings is 1. The van der Waals surface area contributed by atoms with Crippen molar-refractivity contribution in [2.45, 2.75) is 31.8 Å². The van der Waals surface area contributed by atoms with Crippen LogP contribution in [-0.4, -0.2) is 51.2 Å². The first-order chi connectivity index (χ1) is 14.5. The van der Waals surface area contributed by atoms with Gasteiger partial charge in [-0.05, 0) is 32.0 Å². The molecule has 0 radical (unpaired) electrons. The maximum Gasteiger partial charge on any atom is 0.260 e. The van der Waals surface area contributed by atoms with Crippen LogP contribution < -0.4 is 9.47 Å². The number of carbonyl (C=O) groups is 1. The van der Waals surface area contributed by atoms with Gasteiger partial charge >= 0.3 is 0 Å². The number of amides is 1. The Morgan fingerprint density at radius 2 is 2.03 bits per heavy atom. The van der Waals surface area contributed by atoms with Gasteiger partial charge in [-0.25, -0.2) is 0 Å². The Morgan fingerprint density at radius 1 is 1.23 bits per heavy atom. The van der Waals surface area contributed by atoms with E-state index in [9.17, 15) is 4.79 Å². The Labute approximate surface area is 173 Å². The summed E-state index contributed by atoms with van der Waals surface area (Å²) in [7, 11) is 0. The monoisotopic (exact) mass is 406 g/mol. The third-order valence-electron chi connectivity index (χ3n) is 5.37. The number of fused-ring (bicyclic) bond motifs is 1. The highest BCUT2D eigenvalue weighted by Gasteiger charge is 2.36. The van der Waals surface area contributed by atoms with Crippen molar-refractivity contribution in [2.24, 2.45) is 0 Å². The minimum atomic E-state index is -0.254. The molecule has 8 nitrogen and oxygen atoms in total. The lowest BCUT2D eigenvalue weighted by molar-refractivity contribution is -0.138. The Hall–Kier alpha value is -3.42. The van der Waals surface area contributed by atoms with Crippen molar-refractivity contribution in [3.05, 3.63) is 54.2 Å². The van der Waals surface area contributed by atoms with E-state index < -0.39 is 0 Å². The van der Waals surface area contributed by atoms with Crippen LogP contribution in [0.2, 0.25) is 0 Å². The highest BCUT2D eigenvalue weighted by atomic mass is 16.5. The Kier molecular flexibility index (Phi) is 4.42. The molecule has 0 spiro atoms. The third kappa shape index (κ3) is 3.49. The normalized spacial score (nSPS) is 17.2. The number of nitrogens with zero attached hydrogens (tertiary/aromatic N) is 4. The van der Waals surface area contributed by atoms with E-state index in [1.807, 2.05) is 44.2 Å². The number of hydrogen-bond acceptors (Lipinski definition) is 7. The second-order valence-electron chi connectivity index (χ2n) is 8.26. The summed E-state index contributed by atoms with van der Waals surface area (Å²) in [4.78, 5) is 22.7. The standard InChI is InChI=1S/C22H22N4O4/c1-22(2)10-15-4-3-5-17(19(15)29-22)28-13-18(27)26-11-16(12-26)21-24-20(25-30-21)14-6-8-23-9-7-14/h3-9,16H,10-13H2,1-2H3. The molecular formula is C22H22N4O4. The Bertz CT molecular complexity index is 1070. The molecule has 3 aromatic rings. The summed E-state index contributed by atoms with van der Waals surface area (Å²) in [5, 5.41) is 4.02. The molecule has 2 aromatic heterocycles. The topological polar surface area (TPSA) is 90.6 Å². The molecular weight excluding hydrogens is 384 g/mol. The van der Waals surface area contributed by atoms with E-state index in [4.69, 9.17) is 14.0 Å². The molecule has 5 rings (SSSR count). The van der Waals surface area contributed by atoms with Gasteiger partial charge in [0.25, 0.3) is 5.91 Å². The zero-order valence-corrected chi connectivity index (χ0v) is 16.9. The number of carbonyl (C=O) groups excluding carboxylic acids is 1. The minimum absolute atomic E-state index is 0.0287. The van der Waals surface area contributed by atoms with Gasteiger partial charge in [-0.1, -0.05) is 17.3 Å². The van der Waals surface area contributed by atoms with E-state index in [0.717, 1.165) is 23.3 Å². The SMILES string of the molecule is CC1(C)Cc2cccc(OCC(=O)N3CC(c4nc(-c5ccncc5)no4)C3)c2O1. The zero-order valence-electron chi connectivity index (χ0n) is 16.9. The van der Waals surface area contributed by atoms with Gasteiger partial charge in [0.15, 0.2) is 18.1 Å². The van der Waals surface area contributed by atoms with E-state index >= 15 is 0 Å². The van der Waals surface area contributed by atoms with Gasteiger partial charge in [0, 0.05) is 43.0 Å². The summed E-state index contributed by atoms with van der Waals surface area (Å²) in [5.74, 6) is 2.40. The predicted molar refractivity (Wildman–Crippen MR) is 107 cm³/mol. The fraction of sp³-hybridized carbons (Fsp3) is 0.364. The average molecular weight is 406 g/mol. The summed E-state index contributed by atoms with van der Waals surface area (Å²) in [6.45, 7) is 5.13. The molecule has 2 aliphatic rings. The minimum Gasteiger partial charge on any atom is -0.483 e. The fourth-order valence-corrected chi connectivity index (χ4v) is 3.79. The summed E-state index contributed by atoms with van der Waals surface area (Å²) >= 11 is 0. The van der Waals surface area contributed by atoms with Crippen LogP contribution in [0.3, 0.4) is 0 Å². The second kappa shape index (κ2) is 7.12. The van der Waals surface area contributed by atoms with Gasteiger partial charge < -0.3 is 18.9 Å². The average Bonchev–Trinajstić information content (AvgIpc) is 3.29. The number of para-hydroxylation sites is 1. The van der Waals surface area contributed by atoms with Crippen molar-refractivity contribution in [1.29, 1.82) is 0 Å². The molecule has 0 saturated carbocycles. The van der Waals surface area contributed by atoms with Crippen molar-refractivity contribution in [1.82, 2.24) is 20.0 Å².